The van der Waals surface area contributed by atoms with Crippen LogP contribution in [0.3, 0.4) is 0 Å². The minimum Gasteiger partial charge on any atom is -0.372 e. The minimum atomic E-state index is 0.493. The van der Waals surface area contributed by atoms with E-state index in [-0.39, 0.29) is 0 Å². The average Bonchev–Trinajstić information content (AvgIpc) is 2.98. The van der Waals surface area contributed by atoms with E-state index in [1.807, 2.05) is 20.9 Å². The van der Waals surface area contributed by atoms with Gasteiger partial charge in [0.2, 0.25) is 0 Å². The van der Waals surface area contributed by atoms with E-state index in [9.17, 15) is 0 Å². The van der Waals surface area contributed by atoms with Gasteiger partial charge in [0, 0.05) is 19.0 Å². The molecule has 0 radical (unpaired) electrons. The second kappa shape index (κ2) is 8.70. The summed E-state index contributed by atoms with van der Waals surface area (Å²) in [5.74, 6) is 1.66. The number of nitrogens with zero attached hydrogens (tertiary/aromatic N) is 1. The molecule has 3 nitrogen and oxygen atoms in total. The zero-order chi connectivity index (χ0) is 14.1. The fourth-order valence-corrected chi connectivity index (χ4v) is 2.19. The Morgan fingerprint density at radius 1 is 1.21 bits per heavy atom. The highest BCUT2D eigenvalue weighted by atomic mass is 15.1. The van der Waals surface area contributed by atoms with Crippen molar-refractivity contribution >= 4 is 5.84 Å². The van der Waals surface area contributed by atoms with E-state index >= 15 is 0 Å². The van der Waals surface area contributed by atoms with Gasteiger partial charge in [-0.2, -0.15) is 0 Å². The summed E-state index contributed by atoms with van der Waals surface area (Å²) >= 11 is 0. The van der Waals surface area contributed by atoms with Gasteiger partial charge in [-0.3, -0.25) is 4.99 Å². The predicted molar refractivity (Wildman–Crippen MR) is 83.7 cm³/mol. The molecular formula is C16H27N3. The number of amidine groups is 1. The van der Waals surface area contributed by atoms with Crippen LogP contribution >= 0.6 is 0 Å². The summed E-state index contributed by atoms with van der Waals surface area (Å²) in [6.07, 6.45) is 1.06. The topological polar surface area (TPSA) is 36.4 Å². The van der Waals surface area contributed by atoms with E-state index in [1.54, 1.807) is 0 Å². The van der Waals surface area contributed by atoms with Gasteiger partial charge in [-0.05, 0) is 24.6 Å². The van der Waals surface area contributed by atoms with Crippen molar-refractivity contribution in [3.8, 4) is 0 Å². The van der Waals surface area contributed by atoms with Crippen LogP contribution in [-0.4, -0.2) is 26.0 Å². The highest BCUT2D eigenvalue weighted by Crippen LogP contribution is 2.12. The lowest BCUT2D eigenvalue weighted by atomic mass is 9.99. The molecule has 0 bridgehead atoms. The van der Waals surface area contributed by atoms with E-state index in [4.69, 9.17) is 0 Å². The van der Waals surface area contributed by atoms with Crippen LogP contribution in [0.25, 0.3) is 0 Å². The first kappa shape index (κ1) is 15.7. The van der Waals surface area contributed by atoms with E-state index in [1.165, 1.54) is 17.0 Å². The van der Waals surface area contributed by atoms with E-state index in [2.05, 4.69) is 46.8 Å². The second-order valence-corrected chi connectivity index (χ2v) is 4.65. The summed E-state index contributed by atoms with van der Waals surface area (Å²) in [6, 6.07) is 8.84. The molecule has 0 spiro atoms. The van der Waals surface area contributed by atoms with E-state index in [0.717, 1.165) is 26.1 Å². The molecule has 0 aromatic heterocycles. The number of nitrogens with one attached hydrogen (secondary N) is 2. The molecule has 1 aromatic carbocycles. The Kier molecular flexibility index (Phi) is 7.19. The van der Waals surface area contributed by atoms with E-state index in [0.29, 0.717) is 5.92 Å². The Labute approximate surface area is 117 Å². The molecule has 3 heteroatoms. The SMILES string of the molecule is CC.CNCc1ccc(CC(C)C2=NCCN2)cc1. The fourth-order valence-electron chi connectivity index (χ4n) is 2.19. The molecule has 1 unspecified atom stereocenters. The van der Waals surface area contributed by atoms with Crippen LogP contribution in [0.4, 0.5) is 0 Å². The molecule has 106 valence electrons. The van der Waals surface area contributed by atoms with Gasteiger partial charge in [0.1, 0.15) is 0 Å². The number of rotatable bonds is 5. The first-order valence-electron chi connectivity index (χ1n) is 7.30. The number of hydrogen-bond donors (Lipinski definition) is 2. The van der Waals surface area contributed by atoms with Crippen LogP contribution in [0.1, 0.15) is 31.9 Å². The molecule has 0 saturated heterocycles. The Hall–Kier alpha value is -1.35. The molecule has 19 heavy (non-hydrogen) atoms. The molecule has 1 aromatic rings. The van der Waals surface area contributed by atoms with Crippen LogP contribution in [0.2, 0.25) is 0 Å². The first-order valence-corrected chi connectivity index (χ1v) is 7.30. The first-order chi connectivity index (χ1) is 9.29. The lowest BCUT2D eigenvalue weighted by Gasteiger charge is -2.12. The van der Waals surface area contributed by atoms with E-state index < -0.39 is 0 Å². The van der Waals surface area contributed by atoms with Gasteiger partial charge in [0.15, 0.2) is 0 Å². The Balaban J connectivity index is 0.000000861. The normalized spacial score (nSPS) is 15.1. The molecule has 0 fully saturated rings. The molecule has 1 aliphatic heterocycles. The van der Waals surface area contributed by atoms with Crippen molar-refractivity contribution in [1.82, 2.24) is 10.6 Å². The third-order valence-corrected chi connectivity index (χ3v) is 3.11. The summed E-state index contributed by atoms with van der Waals surface area (Å²) in [6.45, 7) is 9.10. The largest absolute Gasteiger partial charge is 0.372 e. The van der Waals surface area contributed by atoms with Crippen LogP contribution in [0.15, 0.2) is 29.3 Å². The highest BCUT2D eigenvalue weighted by Gasteiger charge is 2.13. The average molecular weight is 261 g/mol. The minimum absolute atomic E-state index is 0.493. The number of hydrogen-bond acceptors (Lipinski definition) is 3. The standard InChI is InChI=1S/C14H21N3.C2H6/c1-11(14-16-7-8-17-14)9-12-3-5-13(6-4-12)10-15-2;1-2/h3-6,11,15H,7-10H2,1-2H3,(H,16,17);1-2H3. The predicted octanol–water partition coefficient (Wildman–Crippen LogP) is 2.61. The second-order valence-electron chi connectivity index (χ2n) is 4.65. The molecule has 0 aliphatic carbocycles. The molecule has 1 heterocycles. The van der Waals surface area contributed by atoms with Crippen LogP contribution in [-0.2, 0) is 13.0 Å². The maximum Gasteiger partial charge on any atom is 0.0996 e. The summed E-state index contributed by atoms with van der Waals surface area (Å²) in [7, 11) is 1.97. The van der Waals surface area contributed by atoms with Crippen molar-refractivity contribution in [2.24, 2.45) is 10.9 Å². The molecule has 1 atom stereocenters. The zero-order valence-corrected chi connectivity index (χ0v) is 12.7. The van der Waals surface area contributed by atoms with Gasteiger partial charge in [-0.1, -0.05) is 45.0 Å². The van der Waals surface area contributed by atoms with Crippen molar-refractivity contribution in [3.63, 3.8) is 0 Å². The Morgan fingerprint density at radius 3 is 2.37 bits per heavy atom. The molecule has 0 saturated carbocycles. The third kappa shape index (κ3) is 5.03. The van der Waals surface area contributed by atoms with Crippen molar-refractivity contribution in [3.05, 3.63) is 35.4 Å². The highest BCUT2D eigenvalue weighted by molar-refractivity contribution is 5.85. The van der Waals surface area contributed by atoms with Crippen LogP contribution < -0.4 is 10.6 Å². The van der Waals surface area contributed by atoms with Gasteiger partial charge < -0.3 is 10.6 Å². The number of aliphatic imine (C=N–C) groups is 1. The molecule has 2 N–H and O–H groups in total. The molecular weight excluding hydrogens is 234 g/mol. The quantitative estimate of drug-likeness (QED) is 0.855. The smallest absolute Gasteiger partial charge is 0.0996 e. The summed E-state index contributed by atoms with van der Waals surface area (Å²) < 4.78 is 0. The lowest BCUT2D eigenvalue weighted by Crippen LogP contribution is -2.26. The maximum atomic E-state index is 4.47. The van der Waals surface area contributed by atoms with Gasteiger partial charge >= 0.3 is 0 Å². The monoisotopic (exact) mass is 261 g/mol. The third-order valence-electron chi connectivity index (χ3n) is 3.11. The van der Waals surface area contributed by atoms with Gasteiger partial charge in [0.05, 0.1) is 12.4 Å². The van der Waals surface area contributed by atoms with Crippen LogP contribution in [0.5, 0.6) is 0 Å². The van der Waals surface area contributed by atoms with Crippen molar-refractivity contribution in [2.75, 3.05) is 20.1 Å². The summed E-state index contributed by atoms with van der Waals surface area (Å²) in [5.41, 5.74) is 2.72. The fraction of sp³-hybridized carbons (Fsp3) is 0.562. The van der Waals surface area contributed by atoms with Crippen LogP contribution in [0, 0.1) is 5.92 Å². The van der Waals surface area contributed by atoms with Crippen molar-refractivity contribution in [1.29, 1.82) is 0 Å². The lowest BCUT2D eigenvalue weighted by molar-refractivity contribution is 0.741. The van der Waals surface area contributed by atoms with Crippen molar-refractivity contribution in [2.45, 2.75) is 33.7 Å². The Bertz CT molecular complexity index is 381. The molecule has 1 aliphatic rings. The molecule has 0 amide bonds. The Morgan fingerprint density at radius 2 is 1.84 bits per heavy atom. The maximum absolute atomic E-state index is 4.47. The zero-order valence-electron chi connectivity index (χ0n) is 12.7. The summed E-state index contributed by atoms with van der Waals surface area (Å²) in [5, 5.41) is 6.51. The van der Waals surface area contributed by atoms with Gasteiger partial charge in [-0.15, -0.1) is 0 Å². The van der Waals surface area contributed by atoms with Gasteiger partial charge in [-0.25, -0.2) is 0 Å². The van der Waals surface area contributed by atoms with Gasteiger partial charge in [0.25, 0.3) is 0 Å². The number of benzene rings is 1. The molecule has 2 rings (SSSR count). The van der Waals surface area contributed by atoms with Crippen molar-refractivity contribution < 1.29 is 0 Å². The summed E-state index contributed by atoms with van der Waals surface area (Å²) in [4.78, 5) is 4.47.